The highest BCUT2D eigenvalue weighted by atomic mass is 19.1. The fourth-order valence-corrected chi connectivity index (χ4v) is 1.92. The number of anilines is 1. The molecule has 0 saturated carbocycles. The molecule has 0 aliphatic rings. The van der Waals surface area contributed by atoms with Crippen LogP contribution in [-0.4, -0.2) is 26.4 Å². The van der Waals surface area contributed by atoms with Gasteiger partial charge < -0.3 is 14.2 Å². The molecule has 0 aliphatic carbocycles. The number of carbonyl (C=O) groups excluding carboxylic acids is 1. The standard InChI is InChI=1S/C17H17FN2O4/c1-11(21)24-17-15(22-2)8-12(9-16(17)23-3)10-19-20-14-6-4-13(18)5-7-14/h4-10,20H,1-3H3/b19-10-. The third-order valence-electron chi connectivity index (χ3n) is 2.98. The average molecular weight is 332 g/mol. The summed E-state index contributed by atoms with van der Waals surface area (Å²) < 4.78 is 28.4. The van der Waals surface area contributed by atoms with E-state index >= 15 is 0 Å². The first-order valence-electron chi connectivity index (χ1n) is 7.02. The maximum atomic E-state index is 12.8. The number of hydrogen-bond donors (Lipinski definition) is 1. The minimum atomic E-state index is -0.481. The first-order chi connectivity index (χ1) is 11.5. The van der Waals surface area contributed by atoms with Gasteiger partial charge in [-0.2, -0.15) is 5.10 Å². The molecule has 0 aliphatic heterocycles. The third-order valence-corrected chi connectivity index (χ3v) is 2.98. The van der Waals surface area contributed by atoms with Crippen molar-refractivity contribution in [2.24, 2.45) is 5.10 Å². The lowest BCUT2D eigenvalue weighted by Crippen LogP contribution is -2.05. The van der Waals surface area contributed by atoms with Gasteiger partial charge in [0.1, 0.15) is 5.82 Å². The van der Waals surface area contributed by atoms with Crippen LogP contribution in [0.15, 0.2) is 41.5 Å². The van der Waals surface area contributed by atoms with Crippen molar-refractivity contribution < 1.29 is 23.4 Å². The molecule has 0 fully saturated rings. The number of benzene rings is 2. The number of rotatable bonds is 6. The largest absolute Gasteiger partial charge is 0.493 e. The highest BCUT2D eigenvalue weighted by Gasteiger charge is 2.15. The van der Waals surface area contributed by atoms with Gasteiger partial charge in [0.2, 0.25) is 5.75 Å². The molecule has 126 valence electrons. The lowest BCUT2D eigenvalue weighted by atomic mass is 10.2. The molecule has 0 unspecified atom stereocenters. The quantitative estimate of drug-likeness (QED) is 0.381. The van der Waals surface area contributed by atoms with Crippen molar-refractivity contribution in [3.63, 3.8) is 0 Å². The maximum Gasteiger partial charge on any atom is 0.308 e. The van der Waals surface area contributed by atoms with Crippen LogP contribution in [0.3, 0.4) is 0 Å². The van der Waals surface area contributed by atoms with Crippen molar-refractivity contribution >= 4 is 17.9 Å². The Morgan fingerprint density at radius 3 is 2.21 bits per heavy atom. The summed E-state index contributed by atoms with van der Waals surface area (Å²) in [5.41, 5.74) is 4.08. The Hall–Kier alpha value is -3.09. The topological polar surface area (TPSA) is 69.2 Å². The van der Waals surface area contributed by atoms with Gasteiger partial charge in [-0.3, -0.25) is 10.2 Å². The van der Waals surface area contributed by atoms with Gasteiger partial charge in [-0.15, -0.1) is 0 Å². The van der Waals surface area contributed by atoms with E-state index in [1.54, 1.807) is 24.3 Å². The monoisotopic (exact) mass is 332 g/mol. The highest BCUT2D eigenvalue weighted by molar-refractivity contribution is 5.83. The fraction of sp³-hybridized carbons (Fsp3) is 0.176. The summed E-state index contributed by atoms with van der Waals surface area (Å²) in [4.78, 5) is 11.2. The number of esters is 1. The summed E-state index contributed by atoms with van der Waals surface area (Å²) in [7, 11) is 2.92. The van der Waals surface area contributed by atoms with E-state index in [1.807, 2.05) is 0 Å². The number of hydrogen-bond acceptors (Lipinski definition) is 6. The van der Waals surface area contributed by atoms with Gasteiger partial charge in [-0.1, -0.05) is 0 Å². The minimum Gasteiger partial charge on any atom is -0.493 e. The van der Waals surface area contributed by atoms with Crippen molar-refractivity contribution in [3.05, 3.63) is 47.8 Å². The number of hydrazone groups is 1. The molecule has 2 rings (SSSR count). The Balaban J connectivity index is 2.22. The molecule has 0 spiro atoms. The minimum absolute atomic E-state index is 0.205. The van der Waals surface area contributed by atoms with Crippen LogP contribution in [0.5, 0.6) is 17.2 Å². The molecule has 1 N–H and O–H groups in total. The van der Waals surface area contributed by atoms with Crippen LogP contribution in [0, 0.1) is 5.82 Å². The van der Waals surface area contributed by atoms with E-state index in [4.69, 9.17) is 14.2 Å². The number of methoxy groups -OCH3 is 2. The molecule has 0 bridgehead atoms. The predicted octanol–water partition coefficient (Wildman–Crippen LogP) is 3.21. The first-order valence-corrected chi connectivity index (χ1v) is 7.02. The van der Waals surface area contributed by atoms with Gasteiger partial charge in [0, 0.05) is 12.5 Å². The Kier molecular flexibility index (Phi) is 5.73. The van der Waals surface area contributed by atoms with Gasteiger partial charge in [0.15, 0.2) is 11.5 Å². The lowest BCUT2D eigenvalue weighted by Gasteiger charge is -2.13. The van der Waals surface area contributed by atoms with E-state index in [-0.39, 0.29) is 11.6 Å². The van der Waals surface area contributed by atoms with Crippen molar-refractivity contribution in [1.29, 1.82) is 0 Å². The molecule has 24 heavy (non-hydrogen) atoms. The summed E-state index contributed by atoms with van der Waals surface area (Å²) in [6.45, 7) is 1.29. The zero-order chi connectivity index (χ0) is 17.5. The smallest absolute Gasteiger partial charge is 0.308 e. The SMILES string of the molecule is COc1cc(/C=N\Nc2ccc(F)cc2)cc(OC)c1OC(C)=O. The van der Waals surface area contributed by atoms with E-state index in [1.165, 1.54) is 39.5 Å². The lowest BCUT2D eigenvalue weighted by molar-refractivity contribution is -0.132. The van der Waals surface area contributed by atoms with Gasteiger partial charge in [0.05, 0.1) is 26.1 Å². The van der Waals surface area contributed by atoms with Gasteiger partial charge in [-0.25, -0.2) is 4.39 Å². The predicted molar refractivity (Wildman–Crippen MR) is 88.5 cm³/mol. The maximum absolute atomic E-state index is 12.8. The van der Waals surface area contributed by atoms with Crippen LogP contribution in [0.25, 0.3) is 0 Å². The Morgan fingerprint density at radius 2 is 1.71 bits per heavy atom. The number of nitrogens with one attached hydrogen (secondary N) is 1. The summed E-state index contributed by atoms with van der Waals surface area (Å²) >= 11 is 0. The number of nitrogens with zero attached hydrogens (tertiary/aromatic N) is 1. The van der Waals surface area contributed by atoms with Gasteiger partial charge in [0.25, 0.3) is 0 Å². The second kappa shape index (κ2) is 7.96. The zero-order valence-electron chi connectivity index (χ0n) is 13.5. The second-order valence-electron chi connectivity index (χ2n) is 4.73. The van der Waals surface area contributed by atoms with Crippen LogP contribution in [0.4, 0.5) is 10.1 Å². The molecule has 0 aromatic heterocycles. The van der Waals surface area contributed by atoms with Crippen molar-refractivity contribution in [3.8, 4) is 17.2 Å². The van der Waals surface area contributed by atoms with E-state index in [0.717, 1.165) is 0 Å². The normalized spacial score (nSPS) is 10.5. The molecule has 0 heterocycles. The molecule has 0 atom stereocenters. The Bertz CT molecular complexity index is 720. The van der Waals surface area contributed by atoms with Crippen molar-refractivity contribution in [1.82, 2.24) is 0 Å². The molecule has 0 radical (unpaired) electrons. The third kappa shape index (κ3) is 4.45. The molecule has 2 aromatic rings. The number of ether oxygens (including phenoxy) is 3. The molecule has 6 nitrogen and oxygen atoms in total. The zero-order valence-corrected chi connectivity index (χ0v) is 13.5. The number of halogens is 1. The van der Waals surface area contributed by atoms with Crippen LogP contribution in [0.1, 0.15) is 12.5 Å². The summed E-state index contributed by atoms with van der Waals surface area (Å²) in [6.07, 6.45) is 1.53. The first kappa shape index (κ1) is 17.3. The van der Waals surface area contributed by atoms with Crippen LogP contribution >= 0.6 is 0 Å². The number of carbonyl (C=O) groups is 1. The molecule has 0 amide bonds. The Labute approximate surface area is 138 Å². The van der Waals surface area contributed by atoms with Crippen LogP contribution < -0.4 is 19.6 Å². The van der Waals surface area contributed by atoms with Crippen LogP contribution in [0.2, 0.25) is 0 Å². The second-order valence-corrected chi connectivity index (χ2v) is 4.73. The molecular formula is C17H17FN2O4. The van der Waals surface area contributed by atoms with E-state index < -0.39 is 5.97 Å². The summed E-state index contributed by atoms with van der Waals surface area (Å²) in [6, 6.07) is 9.10. The van der Waals surface area contributed by atoms with E-state index in [2.05, 4.69) is 10.5 Å². The molecule has 2 aromatic carbocycles. The van der Waals surface area contributed by atoms with Crippen LogP contribution in [-0.2, 0) is 4.79 Å². The molecular weight excluding hydrogens is 315 g/mol. The summed E-state index contributed by atoms with van der Waals surface area (Å²) in [5, 5.41) is 4.07. The fourth-order valence-electron chi connectivity index (χ4n) is 1.92. The highest BCUT2D eigenvalue weighted by Crippen LogP contribution is 2.38. The van der Waals surface area contributed by atoms with Gasteiger partial charge >= 0.3 is 5.97 Å². The van der Waals surface area contributed by atoms with E-state index in [0.29, 0.717) is 22.7 Å². The Morgan fingerprint density at radius 1 is 1.12 bits per heavy atom. The van der Waals surface area contributed by atoms with Gasteiger partial charge in [-0.05, 0) is 36.4 Å². The molecule has 0 saturated heterocycles. The molecule has 7 heteroatoms. The van der Waals surface area contributed by atoms with Crippen molar-refractivity contribution in [2.75, 3.05) is 19.6 Å². The summed E-state index contributed by atoms with van der Waals surface area (Å²) in [5.74, 6) is 0.0859. The van der Waals surface area contributed by atoms with E-state index in [9.17, 15) is 9.18 Å². The average Bonchev–Trinajstić information content (AvgIpc) is 2.57. The van der Waals surface area contributed by atoms with Crippen molar-refractivity contribution in [2.45, 2.75) is 6.92 Å².